The summed E-state index contributed by atoms with van der Waals surface area (Å²) in [6.07, 6.45) is 0.171. The van der Waals surface area contributed by atoms with Gasteiger partial charge in [0.05, 0.1) is 6.42 Å². The Morgan fingerprint density at radius 1 is 1.00 bits per heavy atom. The van der Waals surface area contributed by atoms with Gasteiger partial charge in [-0.3, -0.25) is 9.59 Å². The van der Waals surface area contributed by atoms with Crippen LogP contribution < -0.4 is 11.5 Å². The van der Waals surface area contributed by atoms with Gasteiger partial charge in [0.1, 0.15) is 6.61 Å². The van der Waals surface area contributed by atoms with Crippen LogP contribution in [0.3, 0.4) is 0 Å². The molecule has 0 spiro atoms. The summed E-state index contributed by atoms with van der Waals surface area (Å²) in [4.78, 5) is 22.7. The van der Waals surface area contributed by atoms with Crippen molar-refractivity contribution in [1.29, 1.82) is 0 Å². The van der Waals surface area contributed by atoms with Crippen LogP contribution >= 0.6 is 0 Å². The van der Waals surface area contributed by atoms with Gasteiger partial charge in [0.2, 0.25) is 5.91 Å². The van der Waals surface area contributed by atoms with E-state index in [9.17, 15) is 9.59 Å². The number of amides is 1. The maximum Gasteiger partial charge on any atom is 0.310 e. The smallest absolute Gasteiger partial charge is 0.310 e. The molecular weight excluding hydrogens is 268 g/mol. The maximum atomic E-state index is 11.7. The highest BCUT2D eigenvalue weighted by atomic mass is 16.5. The molecule has 0 saturated heterocycles. The van der Waals surface area contributed by atoms with Gasteiger partial charge < -0.3 is 16.2 Å². The fourth-order valence-electron chi connectivity index (χ4n) is 1.85. The summed E-state index contributed by atoms with van der Waals surface area (Å²) < 4.78 is 5.18. The minimum Gasteiger partial charge on any atom is -0.461 e. The second-order valence-electron chi connectivity index (χ2n) is 4.64. The second-order valence-corrected chi connectivity index (χ2v) is 4.64. The number of hydrogen-bond donors (Lipinski definition) is 2. The summed E-state index contributed by atoms with van der Waals surface area (Å²) in [6, 6.07) is 13.7. The van der Waals surface area contributed by atoms with Gasteiger partial charge in [0.15, 0.2) is 0 Å². The molecule has 5 nitrogen and oxygen atoms in total. The topological polar surface area (TPSA) is 95.4 Å². The van der Waals surface area contributed by atoms with Gasteiger partial charge in [-0.15, -0.1) is 0 Å². The molecule has 0 saturated carbocycles. The van der Waals surface area contributed by atoms with Gasteiger partial charge in [-0.1, -0.05) is 24.3 Å². The zero-order valence-corrected chi connectivity index (χ0v) is 11.4. The molecule has 0 aliphatic heterocycles. The van der Waals surface area contributed by atoms with Crippen molar-refractivity contribution in [3.63, 3.8) is 0 Å². The van der Waals surface area contributed by atoms with Crippen molar-refractivity contribution in [2.24, 2.45) is 5.73 Å². The first-order valence-electron chi connectivity index (χ1n) is 6.43. The number of hydrogen-bond acceptors (Lipinski definition) is 4. The molecule has 0 fully saturated rings. The number of ether oxygens (including phenoxy) is 1. The Morgan fingerprint density at radius 3 is 2.33 bits per heavy atom. The Balaban J connectivity index is 1.87. The summed E-state index contributed by atoms with van der Waals surface area (Å²) in [5.74, 6) is -0.820. The van der Waals surface area contributed by atoms with Gasteiger partial charge in [-0.25, -0.2) is 0 Å². The van der Waals surface area contributed by atoms with Crippen molar-refractivity contribution >= 4 is 17.6 Å². The predicted octanol–water partition coefficient (Wildman–Crippen LogP) is 1.65. The fourth-order valence-corrected chi connectivity index (χ4v) is 1.85. The molecule has 0 aliphatic rings. The molecule has 2 aromatic carbocycles. The molecule has 5 heteroatoms. The van der Waals surface area contributed by atoms with E-state index >= 15 is 0 Å². The number of nitrogen functional groups attached to an aromatic ring is 1. The summed E-state index contributed by atoms with van der Waals surface area (Å²) in [5.41, 5.74) is 13.4. The van der Waals surface area contributed by atoms with E-state index in [1.807, 2.05) is 6.07 Å². The van der Waals surface area contributed by atoms with Crippen LogP contribution in [0.15, 0.2) is 48.5 Å². The van der Waals surface area contributed by atoms with Crippen molar-refractivity contribution in [2.75, 3.05) is 5.73 Å². The highest BCUT2D eigenvalue weighted by Crippen LogP contribution is 2.09. The summed E-state index contributed by atoms with van der Waals surface area (Å²) in [5, 5.41) is 0. The van der Waals surface area contributed by atoms with Gasteiger partial charge in [0, 0.05) is 11.3 Å². The Labute approximate surface area is 122 Å². The zero-order chi connectivity index (χ0) is 15.2. The summed E-state index contributed by atoms with van der Waals surface area (Å²) in [7, 11) is 0. The normalized spacial score (nSPS) is 10.1. The van der Waals surface area contributed by atoms with Gasteiger partial charge in [-0.05, 0) is 35.4 Å². The molecule has 0 heterocycles. The van der Waals surface area contributed by atoms with Crippen LogP contribution in [0.2, 0.25) is 0 Å². The molecule has 108 valence electrons. The average Bonchev–Trinajstić information content (AvgIpc) is 2.45. The van der Waals surface area contributed by atoms with Crippen LogP contribution in [0.1, 0.15) is 21.5 Å². The van der Waals surface area contributed by atoms with E-state index in [-0.39, 0.29) is 19.0 Å². The quantitative estimate of drug-likeness (QED) is 0.644. The Bertz CT molecular complexity index is 651. The Morgan fingerprint density at radius 2 is 1.71 bits per heavy atom. The first kappa shape index (κ1) is 14.6. The van der Waals surface area contributed by atoms with Crippen molar-refractivity contribution in [1.82, 2.24) is 0 Å². The molecule has 2 aromatic rings. The van der Waals surface area contributed by atoms with Crippen molar-refractivity contribution in [3.8, 4) is 0 Å². The Hall–Kier alpha value is -2.82. The van der Waals surface area contributed by atoms with Crippen molar-refractivity contribution in [2.45, 2.75) is 13.0 Å². The SMILES string of the molecule is NC(=O)c1ccc(COC(=O)Cc2cccc(N)c2)cc1. The number of benzene rings is 2. The van der Waals surface area contributed by atoms with Crippen LogP contribution in [0.25, 0.3) is 0 Å². The van der Waals surface area contributed by atoms with Gasteiger partial charge >= 0.3 is 5.97 Å². The molecule has 0 unspecified atom stereocenters. The highest BCUT2D eigenvalue weighted by Gasteiger charge is 2.06. The van der Waals surface area contributed by atoms with Gasteiger partial charge in [-0.2, -0.15) is 0 Å². The highest BCUT2D eigenvalue weighted by molar-refractivity contribution is 5.92. The number of nitrogens with two attached hydrogens (primary N) is 2. The van der Waals surface area contributed by atoms with E-state index in [0.29, 0.717) is 11.3 Å². The third-order valence-corrected chi connectivity index (χ3v) is 2.94. The third-order valence-electron chi connectivity index (χ3n) is 2.94. The van der Waals surface area contributed by atoms with Crippen LogP contribution in [0, 0.1) is 0 Å². The molecule has 0 aliphatic carbocycles. The lowest BCUT2D eigenvalue weighted by Crippen LogP contribution is -2.11. The number of carbonyl (C=O) groups excluding carboxylic acids is 2. The molecule has 0 atom stereocenters. The summed E-state index contributed by atoms with van der Waals surface area (Å²) >= 11 is 0. The molecule has 21 heavy (non-hydrogen) atoms. The Kier molecular flexibility index (Phi) is 4.56. The van der Waals surface area contributed by atoms with E-state index in [1.165, 1.54) is 0 Å². The monoisotopic (exact) mass is 284 g/mol. The standard InChI is InChI=1S/C16H16N2O3/c17-14-3-1-2-12(8-14)9-15(19)21-10-11-4-6-13(7-5-11)16(18)20/h1-8H,9-10,17H2,(H2,18,20). The van der Waals surface area contributed by atoms with Gasteiger partial charge in [0.25, 0.3) is 0 Å². The third kappa shape index (κ3) is 4.35. The van der Waals surface area contributed by atoms with E-state index < -0.39 is 5.91 Å². The lowest BCUT2D eigenvalue weighted by atomic mass is 10.1. The van der Waals surface area contributed by atoms with E-state index in [2.05, 4.69) is 0 Å². The summed E-state index contributed by atoms with van der Waals surface area (Å²) in [6.45, 7) is 0.153. The molecule has 4 N–H and O–H groups in total. The largest absolute Gasteiger partial charge is 0.461 e. The number of rotatable bonds is 5. The predicted molar refractivity (Wildman–Crippen MR) is 79.3 cm³/mol. The van der Waals surface area contributed by atoms with Crippen LogP contribution in [0.5, 0.6) is 0 Å². The number of anilines is 1. The molecular formula is C16H16N2O3. The molecule has 2 rings (SSSR count). The van der Waals surface area contributed by atoms with E-state index in [1.54, 1.807) is 42.5 Å². The molecule has 0 aromatic heterocycles. The first-order valence-corrected chi connectivity index (χ1v) is 6.43. The van der Waals surface area contributed by atoms with Crippen LogP contribution in [0.4, 0.5) is 5.69 Å². The van der Waals surface area contributed by atoms with E-state index in [4.69, 9.17) is 16.2 Å². The van der Waals surface area contributed by atoms with Crippen molar-refractivity contribution in [3.05, 3.63) is 65.2 Å². The number of primary amides is 1. The fraction of sp³-hybridized carbons (Fsp3) is 0.125. The molecule has 0 bridgehead atoms. The number of esters is 1. The van der Waals surface area contributed by atoms with Crippen LogP contribution in [-0.2, 0) is 22.6 Å². The second kappa shape index (κ2) is 6.56. The van der Waals surface area contributed by atoms with E-state index in [0.717, 1.165) is 11.1 Å². The lowest BCUT2D eigenvalue weighted by molar-refractivity contribution is -0.144. The maximum absolute atomic E-state index is 11.7. The average molecular weight is 284 g/mol. The first-order chi connectivity index (χ1) is 10.0. The number of carbonyl (C=O) groups is 2. The minimum absolute atomic E-state index is 0.153. The lowest BCUT2D eigenvalue weighted by Gasteiger charge is -2.06. The molecule has 0 radical (unpaired) electrons. The molecule has 1 amide bonds. The van der Waals surface area contributed by atoms with Crippen molar-refractivity contribution < 1.29 is 14.3 Å². The zero-order valence-electron chi connectivity index (χ0n) is 11.4. The minimum atomic E-state index is -0.486. The van der Waals surface area contributed by atoms with Crippen LogP contribution in [-0.4, -0.2) is 11.9 Å².